The van der Waals surface area contributed by atoms with Crippen molar-refractivity contribution in [3.63, 3.8) is 0 Å². The van der Waals surface area contributed by atoms with Crippen LogP contribution >= 0.6 is 15.9 Å². The molecular formula is C21H27BrN2O6. The standard InChI is InChI=1S/C21H27BrN2O6/c1-6-11-30-20(26)23-16(13-9-8-10-14(22)12-13)17(24(27)28)15(21(3,4)5)18(23)19(25)29-7-2/h6,8-10,12,15-18H,1,7,11H2,2-5H3/t15-,16-,17-,18-/m0/s1. The van der Waals surface area contributed by atoms with Gasteiger partial charge in [0.25, 0.3) is 0 Å². The average molecular weight is 483 g/mol. The smallest absolute Gasteiger partial charge is 0.411 e. The summed E-state index contributed by atoms with van der Waals surface area (Å²) in [6.07, 6.45) is 0.574. The normalized spacial score (nSPS) is 23.7. The number of carbonyl (C=O) groups excluding carboxylic acids is 2. The van der Waals surface area contributed by atoms with Gasteiger partial charge < -0.3 is 9.47 Å². The predicted molar refractivity (Wildman–Crippen MR) is 114 cm³/mol. The van der Waals surface area contributed by atoms with E-state index in [4.69, 9.17) is 9.47 Å². The van der Waals surface area contributed by atoms with Gasteiger partial charge in [-0.1, -0.05) is 61.5 Å². The summed E-state index contributed by atoms with van der Waals surface area (Å²) in [5, 5.41) is 12.3. The Morgan fingerprint density at radius 3 is 2.50 bits per heavy atom. The van der Waals surface area contributed by atoms with Gasteiger partial charge in [0.05, 0.1) is 12.5 Å². The van der Waals surface area contributed by atoms with Crippen molar-refractivity contribution >= 4 is 28.0 Å². The van der Waals surface area contributed by atoms with Gasteiger partial charge in [-0.25, -0.2) is 9.59 Å². The van der Waals surface area contributed by atoms with Gasteiger partial charge in [0, 0.05) is 9.40 Å². The molecule has 0 unspecified atom stereocenters. The lowest BCUT2D eigenvalue weighted by atomic mass is 9.73. The lowest BCUT2D eigenvalue weighted by Gasteiger charge is -2.32. The third kappa shape index (κ3) is 4.83. The number of likely N-dealkylation sites (tertiary alicyclic amines) is 1. The topological polar surface area (TPSA) is 99.0 Å². The molecule has 1 aliphatic rings. The molecule has 1 heterocycles. The van der Waals surface area contributed by atoms with Crippen molar-refractivity contribution in [2.45, 2.75) is 45.8 Å². The molecule has 2 rings (SSSR count). The maximum atomic E-state index is 13.0. The van der Waals surface area contributed by atoms with Crippen molar-refractivity contribution in [3.8, 4) is 0 Å². The van der Waals surface area contributed by atoms with E-state index in [0.29, 0.717) is 10.0 Å². The summed E-state index contributed by atoms with van der Waals surface area (Å²) in [5.41, 5.74) is -0.143. The van der Waals surface area contributed by atoms with E-state index in [-0.39, 0.29) is 13.2 Å². The number of amides is 1. The molecule has 0 bridgehead atoms. The molecule has 164 valence electrons. The van der Waals surface area contributed by atoms with Crippen LogP contribution in [0.3, 0.4) is 0 Å². The van der Waals surface area contributed by atoms with Crippen LogP contribution in [0.5, 0.6) is 0 Å². The van der Waals surface area contributed by atoms with Crippen LogP contribution in [-0.4, -0.2) is 47.2 Å². The minimum atomic E-state index is -1.23. The summed E-state index contributed by atoms with van der Waals surface area (Å²) >= 11 is 3.38. The van der Waals surface area contributed by atoms with Crippen LogP contribution in [0.25, 0.3) is 0 Å². The van der Waals surface area contributed by atoms with Gasteiger partial charge in [0.2, 0.25) is 6.04 Å². The first-order chi connectivity index (χ1) is 14.0. The summed E-state index contributed by atoms with van der Waals surface area (Å²) < 4.78 is 11.2. The van der Waals surface area contributed by atoms with Crippen LogP contribution in [0.1, 0.15) is 39.3 Å². The second kappa shape index (κ2) is 9.59. The Labute approximate surface area is 184 Å². The monoisotopic (exact) mass is 482 g/mol. The van der Waals surface area contributed by atoms with Crippen LogP contribution in [0.2, 0.25) is 0 Å². The number of benzene rings is 1. The Bertz CT molecular complexity index is 822. The summed E-state index contributed by atoms with van der Waals surface area (Å²) in [5.74, 6) is -1.48. The molecule has 4 atom stereocenters. The fourth-order valence-electron chi connectivity index (χ4n) is 4.09. The van der Waals surface area contributed by atoms with Crippen molar-refractivity contribution in [2.75, 3.05) is 13.2 Å². The lowest BCUT2D eigenvalue weighted by Crippen LogP contribution is -2.48. The van der Waals surface area contributed by atoms with Crippen LogP contribution < -0.4 is 0 Å². The molecular weight excluding hydrogens is 456 g/mol. The highest BCUT2D eigenvalue weighted by atomic mass is 79.9. The first-order valence-corrected chi connectivity index (χ1v) is 10.5. The predicted octanol–water partition coefficient (Wildman–Crippen LogP) is 4.37. The maximum Gasteiger partial charge on any atom is 0.411 e. The van der Waals surface area contributed by atoms with Gasteiger partial charge in [-0.3, -0.25) is 15.0 Å². The van der Waals surface area contributed by atoms with E-state index in [2.05, 4.69) is 22.5 Å². The molecule has 0 aromatic heterocycles. The fraction of sp³-hybridized carbons (Fsp3) is 0.524. The Kier molecular flexibility index (Phi) is 7.63. The molecule has 0 aliphatic carbocycles. The lowest BCUT2D eigenvalue weighted by molar-refractivity contribution is -0.536. The van der Waals surface area contributed by atoms with E-state index in [1.54, 1.807) is 31.2 Å². The highest BCUT2D eigenvalue weighted by Crippen LogP contribution is 2.49. The SMILES string of the molecule is C=CCOC(=O)N1[C@H](C(=O)OCC)[C@@H](C(C)(C)C)[C@H]([N+](=O)[O-])[C@@H]1c1cccc(Br)c1. The third-order valence-corrected chi connectivity index (χ3v) is 5.62. The van der Waals surface area contributed by atoms with E-state index >= 15 is 0 Å². The first-order valence-electron chi connectivity index (χ1n) is 9.66. The second-order valence-electron chi connectivity index (χ2n) is 8.14. The number of halogens is 1. The quantitative estimate of drug-likeness (QED) is 0.258. The van der Waals surface area contributed by atoms with E-state index in [1.165, 1.54) is 11.0 Å². The van der Waals surface area contributed by atoms with E-state index in [9.17, 15) is 19.7 Å². The van der Waals surface area contributed by atoms with Crippen LogP contribution in [0, 0.1) is 21.4 Å². The van der Waals surface area contributed by atoms with Crippen molar-refractivity contribution in [2.24, 2.45) is 11.3 Å². The molecule has 30 heavy (non-hydrogen) atoms. The van der Waals surface area contributed by atoms with Gasteiger partial charge in [0.15, 0.2) is 0 Å². The molecule has 8 nitrogen and oxygen atoms in total. The zero-order valence-electron chi connectivity index (χ0n) is 17.5. The zero-order chi connectivity index (χ0) is 22.6. The largest absolute Gasteiger partial charge is 0.464 e. The fourth-order valence-corrected chi connectivity index (χ4v) is 4.51. The van der Waals surface area contributed by atoms with Crippen LogP contribution in [0.4, 0.5) is 4.79 Å². The van der Waals surface area contributed by atoms with E-state index in [0.717, 1.165) is 0 Å². The van der Waals surface area contributed by atoms with Crippen molar-refractivity contribution in [3.05, 3.63) is 57.1 Å². The number of esters is 1. The molecule has 0 saturated carbocycles. The molecule has 1 aliphatic heterocycles. The van der Waals surface area contributed by atoms with Gasteiger partial charge in [0.1, 0.15) is 18.7 Å². The highest BCUT2D eigenvalue weighted by molar-refractivity contribution is 9.10. The summed E-state index contributed by atoms with van der Waals surface area (Å²) in [7, 11) is 0. The van der Waals surface area contributed by atoms with Gasteiger partial charge in [-0.2, -0.15) is 0 Å². The zero-order valence-corrected chi connectivity index (χ0v) is 19.1. The van der Waals surface area contributed by atoms with Crippen molar-refractivity contribution in [1.82, 2.24) is 4.90 Å². The molecule has 0 N–H and O–H groups in total. The third-order valence-electron chi connectivity index (χ3n) is 5.13. The first kappa shape index (κ1) is 23.9. The molecule has 0 radical (unpaired) electrons. The van der Waals surface area contributed by atoms with E-state index in [1.807, 2.05) is 20.8 Å². The number of carbonyl (C=O) groups is 2. The molecule has 0 spiro atoms. The number of rotatable bonds is 6. The summed E-state index contributed by atoms with van der Waals surface area (Å²) in [6, 6.07) is 3.52. The minimum absolute atomic E-state index is 0.0839. The second-order valence-corrected chi connectivity index (χ2v) is 9.05. The van der Waals surface area contributed by atoms with E-state index < -0.39 is 46.4 Å². The van der Waals surface area contributed by atoms with Crippen molar-refractivity contribution in [1.29, 1.82) is 0 Å². The summed E-state index contributed by atoms with van der Waals surface area (Å²) in [6.45, 7) is 10.6. The Morgan fingerprint density at radius 1 is 1.33 bits per heavy atom. The molecule has 1 aromatic rings. The van der Waals surface area contributed by atoms with Gasteiger partial charge in [-0.05, 0) is 30.0 Å². The number of hydrogen-bond donors (Lipinski definition) is 0. The van der Waals surface area contributed by atoms with Crippen LogP contribution in [-0.2, 0) is 14.3 Å². The molecule has 1 fully saturated rings. The Balaban J connectivity index is 2.74. The van der Waals surface area contributed by atoms with Gasteiger partial charge in [-0.15, -0.1) is 0 Å². The molecule has 9 heteroatoms. The maximum absolute atomic E-state index is 13.0. The number of nitro groups is 1. The molecule has 1 saturated heterocycles. The number of nitrogens with zero attached hydrogens (tertiary/aromatic N) is 2. The van der Waals surface area contributed by atoms with Gasteiger partial charge >= 0.3 is 12.1 Å². The van der Waals surface area contributed by atoms with Crippen LogP contribution in [0.15, 0.2) is 41.4 Å². The highest BCUT2D eigenvalue weighted by Gasteiger charge is 2.64. The minimum Gasteiger partial charge on any atom is -0.464 e. The Hall–Kier alpha value is -2.42. The molecule has 1 aromatic carbocycles. The molecule has 1 amide bonds. The van der Waals surface area contributed by atoms with Crippen molar-refractivity contribution < 1.29 is 24.0 Å². The number of hydrogen-bond acceptors (Lipinski definition) is 6. The Morgan fingerprint density at radius 2 is 2.00 bits per heavy atom. The average Bonchev–Trinajstić information content (AvgIpc) is 3.03. The summed E-state index contributed by atoms with van der Waals surface area (Å²) in [4.78, 5) is 39.1. The number of ether oxygens (including phenoxy) is 2.